The van der Waals surface area contributed by atoms with Crippen molar-refractivity contribution < 1.29 is 4.79 Å². The Morgan fingerprint density at radius 1 is 1.48 bits per heavy atom. The van der Waals surface area contributed by atoms with Gasteiger partial charge in [0.25, 0.3) is 0 Å². The van der Waals surface area contributed by atoms with E-state index in [4.69, 9.17) is 0 Å². The van der Waals surface area contributed by atoms with Gasteiger partial charge in [-0.3, -0.25) is 4.79 Å². The van der Waals surface area contributed by atoms with E-state index in [9.17, 15) is 4.79 Å². The summed E-state index contributed by atoms with van der Waals surface area (Å²) in [5.74, 6) is 0.0257. The summed E-state index contributed by atoms with van der Waals surface area (Å²) in [6.45, 7) is 4.49. The first-order valence-electron chi connectivity index (χ1n) is 6.80. The zero-order chi connectivity index (χ0) is 14.8. The number of fused-ring (bicyclic) bond motifs is 1. The van der Waals surface area contributed by atoms with Gasteiger partial charge in [0.2, 0.25) is 10.9 Å². The number of hydrogen-bond acceptors (Lipinski definition) is 5. The molecule has 7 heteroatoms. The molecule has 3 aromatic heterocycles. The van der Waals surface area contributed by atoms with Crippen molar-refractivity contribution in [1.29, 1.82) is 0 Å². The first kappa shape index (κ1) is 14.2. The Hall–Kier alpha value is -1.73. The Balaban J connectivity index is 1.71. The average Bonchev–Trinajstić information content (AvgIpc) is 3.13. The Kier molecular flexibility index (Phi) is 4.03. The van der Waals surface area contributed by atoms with E-state index in [0.29, 0.717) is 13.0 Å². The van der Waals surface area contributed by atoms with Crippen LogP contribution in [0.5, 0.6) is 0 Å². The van der Waals surface area contributed by atoms with Gasteiger partial charge in [0.15, 0.2) is 0 Å². The summed E-state index contributed by atoms with van der Waals surface area (Å²) >= 11 is 3.20. The summed E-state index contributed by atoms with van der Waals surface area (Å²) in [6, 6.07) is 3.93. The molecule has 0 spiro atoms. The molecule has 0 aromatic carbocycles. The Bertz CT molecular complexity index is 757. The zero-order valence-electron chi connectivity index (χ0n) is 11.9. The molecular formula is C14H16N4OS2. The normalized spacial score (nSPS) is 11.1. The lowest BCUT2D eigenvalue weighted by atomic mass is 10.3. The van der Waals surface area contributed by atoms with Crippen molar-refractivity contribution in [3.63, 3.8) is 0 Å². The molecule has 1 N–H and O–H groups in total. The number of thiophene rings is 1. The molecule has 0 aliphatic carbocycles. The minimum atomic E-state index is 0.0257. The SMILES string of the molecule is CCc1nn2c(CNC(=O)Cc3cccs3)c(C)nc2s1. The number of aromatic nitrogens is 3. The van der Waals surface area contributed by atoms with Crippen molar-refractivity contribution in [3.05, 3.63) is 38.8 Å². The molecule has 0 aliphatic rings. The number of nitrogens with zero attached hydrogens (tertiary/aromatic N) is 3. The summed E-state index contributed by atoms with van der Waals surface area (Å²) in [5.41, 5.74) is 1.88. The maximum Gasteiger partial charge on any atom is 0.225 e. The first-order chi connectivity index (χ1) is 10.2. The molecule has 3 aromatic rings. The minimum Gasteiger partial charge on any atom is -0.350 e. The van der Waals surface area contributed by atoms with Crippen LogP contribution < -0.4 is 5.32 Å². The van der Waals surface area contributed by atoms with Crippen LogP contribution in [-0.4, -0.2) is 20.5 Å². The van der Waals surface area contributed by atoms with Gasteiger partial charge in [-0.15, -0.1) is 11.3 Å². The summed E-state index contributed by atoms with van der Waals surface area (Å²) in [4.78, 5) is 18.4. The van der Waals surface area contributed by atoms with E-state index in [-0.39, 0.29) is 5.91 Å². The van der Waals surface area contributed by atoms with Crippen LogP contribution in [0.2, 0.25) is 0 Å². The molecule has 0 bridgehead atoms. The fourth-order valence-corrected chi connectivity index (χ4v) is 3.69. The lowest BCUT2D eigenvalue weighted by Gasteiger charge is -2.04. The van der Waals surface area contributed by atoms with E-state index in [1.807, 2.05) is 29.0 Å². The Morgan fingerprint density at radius 2 is 2.33 bits per heavy atom. The van der Waals surface area contributed by atoms with E-state index < -0.39 is 0 Å². The quantitative estimate of drug-likeness (QED) is 0.786. The topological polar surface area (TPSA) is 59.3 Å². The molecule has 110 valence electrons. The lowest BCUT2D eigenvalue weighted by molar-refractivity contribution is -0.120. The number of carbonyl (C=O) groups is 1. The number of hydrogen-bond donors (Lipinski definition) is 1. The van der Waals surface area contributed by atoms with Crippen molar-refractivity contribution in [2.45, 2.75) is 33.2 Å². The fraction of sp³-hybridized carbons (Fsp3) is 0.357. The minimum absolute atomic E-state index is 0.0257. The largest absolute Gasteiger partial charge is 0.350 e. The lowest BCUT2D eigenvalue weighted by Crippen LogP contribution is -2.25. The van der Waals surface area contributed by atoms with Crippen molar-refractivity contribution in [3.8, 4) is 0 Å². The van der Waals surface area contributed by atoms with Crippen LogP contribution in [0.25, 0.3) is 4.96 Å². The molecule has 3 rings (SSSR count). The van der Waals surface area contributed by atoms with Crippen molar-refractivity contribution in [2.75, 3.05) is 0 Å². The first-order valence-corrected chi connectivity index (χ1v) is 8.50. The summed E-state index contributed by atoms with van der Waals surface area (Å²) in [6.07, 6.45) is 1.33. The van der Waals surface area contributed by atoms with Gasteiger partial charge in [-0.25, -0.2) is 9.50 Å². The smallest absolute Gasteiger partial charge is 0.225 e. The van der Waals surface area contributed by atoms with Crippen LogP contribution in [0.3, 0.4) is 0 Å². The number of amides is 1. The van der Waals surface area contributed by atoms with E-state index in [0.717, 1.165) is 32.7 Å². The highest BCUT2D eigenvalue weighted by atomic mass is 32.1. The van der Waals surface area contributed by atoms with Gasteiger partial charge in [-0.2, -0.15) is 5.10 Å². The third kappa shape index (κ3) is 2.98. The highest BCUT2D eigenvalue weighted by Gasteiger charge is 2.14. The van der Waals surface area contributed by atoms with Crippen molar-refractivity contribution >= 4 is 33.5 Å². The average molecular weight is 320 g/mol. The molecule has 0 aliphatic heterocycles. The summed E-state index contributed by atoms with van der Waals surface area (Å²) < 4.78 is 1.85. The second-order valence-electron chi connectivity index (χ2n) is 4.72. The molecule has 0 fully saturated rings. The number of imidazole rings is 1. The summed E-state index contributed by atoms with van der Waals surface area (Å²) in [5, 5.41) is 10.5. The maximum atomic E-state index is 12.0. The second kappa shape index (κ2) is 5.95. The molecule has 0 radical (unpaired) electrons. The van der Waals surface area contributed by atoms with Crippen LogP contribution in [0.4, 0.5) is 0 Å². The third-order valence-electron chi connectivity index (χ3n) is 3.21. The van der Waals surface area contributed by atoms with E-state index >= 15 is 0 Å². The van der Waals surface area contributed by atoms with Gasteiger partial charge in [-0.1, -0.05) is 24.3 Å². The molecule has 21 heavy (non-hydrogen) atoms. The zero-order valence-corrected chi connectivity index (χ0v) is 13.6. The molecule has 3 heterocycles. The molecule has 0 unspecified atom stereocenters. The highest BCUT2D eigenvalue weighted by Crippen LogP contribution is 2.19. The monoisotopic (exact) mass is 320 g/mol. The van der Waals surface area contributed by atoms with Gasteiger partial charge in [0, 0.05) is 4.88 Å². The van der Waals surface area contributed by atoms with Crippen LogP contribution in [-0.2, 0) is 24.2 Å². The number of carbonyl (C=O) groups excluding carboxylic acids is 1. The standard InChI is InChI=1S/C14H16N4OS2/c1-3-13-17-18-11(9(2)16-14(18)21-13)8-15-12(19)7-10-5-4-6-20-10/h4-6H,3,7-8H2,1-2H3,(H,15,19). The molecule has 0 atom stereocenters. The van der Waals surface area contributed by atoms with E-state index in [1.54, 1.807) is 22.7 Å². The molecule has 0 saturated carbocycles. The molecule has 5 nitrogen and oxygen atoms in total. The Labute approximate surface area is 130 Å². The number of nitrogens with one attached hydrogen (secondary N) is 1. The van der Waals surface area contributed by atoms with Crippen molar-refractivity contribution in [2.24, 2.45) is 0 Å². The van der Waals surface area contributed by atoms with Gasteiger partial charge < -0.3 is 5.32 Å². The second-order valence-corrected chi connectivity index (χ2v) is 6.79. The fourth-order valence-electron chi connectivity index (χ4n) is 2.09. The van der Waals surface area contributed by atoms with Crippen LogP contribution in [0.1, 0.15) is 28.2 Å². The van der Waals surface area contributed by atoms with Gasteiger partial charge >= 0.3 is 0 Å². The number of rotatable bonds is 5. The van der Waals surface area contributed by atoms with Gasteiger partial charge in [0.05, 0.1) is 24.4 Å². The van der Waals surface area contributed by atoms with E-state index in [2.05, 4.69) is 22.3 Å². The third-order valence-corrected chi connectivity index (χ3v) is 5.14. The molecule has 0 saturated heterocycles. The van der Waals surface area contributed by atoms with Crippen LogP contribution >= 0.6 is 22.7 Å². The Morgan fingerprint density at radius 3 is 3.05 bits per heavy atom. The molecular weight excluding hydrogens is 304 g/mol. The van der Waals surface area contributed by atoms with Crippen molar-refractivity contribution in [1.82, 2.24) is 19.9 Å². The van der Waals surface area contributed by atoms with Crippen LogP contribution in [0.15, 0.2) is 17.5 Å². The van der Waals surface area contributed by atoms with Crippen LogP contribution in [0, 0.1) is 6.92 Å². The molecule has 1 amide bonds. The summed E-state index contributed by atoms with van der Waals surface area (Å²) in [7, 11) is 0. The number of aryl methyl sites for hydroxylation is 2. The predicted molar refractivity (Wildman–Crippen MR) is 84.8 cm³/mol. The maximum absolute atomic E-state index is 12.0. The highest BCUT2D eigenvalue weighted by molar-refractivity contribution is 7.16. The van der Waals surface area contributed by atoms with E-state index in [1.165, 1.54) is 0 Å². The predicted octanol–water partition coefficient (Wildman–Crippen LogP) is 2.58. The van der Waals surface area contributed by atoms with Gasteiger partial charge in [0.1, 0.15) is 5.01 Å². The van der Waals surface area contributed by atoms with Gasteiger partial charge in [-0.05, 0) is 24.8 Å².